The van der Waals surface area contributed by atoms with Gasteiger partial charge in [-0.15, -0.1) is 0 Å². The molecule has 2 unspecified atom stereocenters. The summed E-state index contributed by atoms with van der Waals surface area (Å²) in [4.78, 5) is 0. The van der Waals surface area contributed by atoms with Gasteiger partial charge in [0.2, 0.25) is 0 Å². The van der Waals surface area contributed by atoms with Crippen LogP contribution in [0.2, 0.25) is 0 Å². The van der Waals surface area contributed by atoms with Crippen LogP contribution in [0.5, 0.6) is 0 Å². The van der Waals surface area contributed by atoms with Crippen LogP contribution in [0.1, 0.15) is 46.5 Å². The maximum atomic E-state index is 5.97. The van der Waals surface area contributed by atoms with Gasteiger partial charge in [-0.2, -0.15) is 0 Å². The highest BCUT2D eigenvalue weighted by atomic mass is 16.5. The molecule has 13 heavy (non-hydrogen) atoms. The molecule has 0 rings (SSSR count). The second-order valence-corrected chi connectivity index (χ2v) is 3.88. The van der Waals surface area contributed by atoms with Gasteiger partial charge >= 0.3 is 0 Å². The summed E-state index contributed by atoms with van der Waals surface area (Å²) in [6, 6.07) is 0.327. The van der Waals surface area contributed by atoms with Crippen molar-refractivity contribution in [2.45, 2.75) is 52.5 Å². The number of rotatable bonds is 8. The predicted octanol–water partition coefficient (Wildman–Crippen LogP) is 2.57. The van der Waals surface area contributed by atoms with Crippen LogP contribution in [0.25, 0.3) is 0 Å². The van der Waals surface area contributed by atoms with Crippen LogP contribution in [0.15, 0.2) is 0 Å². The number of nitrogens with two attached hydrogens (primary N) is 1. The molecule has 2 N–H and O–H groups in total. The minimum atomic E-state index is 0.327. The van der Waals surface area contributed by atoms with E-state index in [0.717, 1.165) is 32.0 Å². The Hall–Kier alpha value is -0.0800. The van der Waals surface area contributed by atoms with Crippen LogP contribution >= 0.6 is 0 Å². The average molecular weight is 187 g/mol. The summed E-state index contributed by atoms with van der Waals surface area (Å²) in [5.74, 6) is 0.765. The van der Waals surface area contributed by atoms with Gasteiger partial charge in [0, 0.05) is 19.3 Å². The van der Waals surface area contributed by atoms with Crippen molar-refractivity contribution in [1.29, 1.82) is 0 Å². The first-order valence-corrected chi connectivity index (χ1v) is 5.54. The molecule has 0 aromatic carbocycles. The summed E-state index contributed by atoms with van der Waals surface area (Å²) < 4.78 is 5.27. The van der Waals surface area contributed by atoms with Crippen molar-refractivity contribution in [3.8, 4) is 0 Å². The number of hydrogen-bond acceptors (Lipinski definition) is 2. The summed E-state index contributed by atoms with van der Waals surface area (Å²) in [6.45, 7) is 8.14. The van der Waals surface area contributed by atoms with Gasteiger partial charge in [0.15, 0.2) is 0 Å². The molecule has 2 nitrogen and oxygen atoms in total. The summed E-state index contributed by atoms with van der Waals surface area (Å²) in [5, 5.41) is 0. The van der Waals surface area contributed by atoms with E-state index in [4.69, 9.17) is 10.5 Å². The van der Waals surface area contributed by atoms with Crippen LogP contribution in [-0.4, -0.2) is 19.3 Å². The standard InChI is InChI=1S/C11H25NO/c1-4-6-10(3)9-11(12)7-8-13-5-2/h10-11H,4-9,12H2,1-3H3. The maximum Gasteiger partial charge on any atom is 0.0480 e. The van der Waals surface area contributed by atoms with Crippen LogP contribution in [0.3, 0.4) is 0 Å². The van der Waals surface area contributed by atoms with E-state index in [1.807, 2.05) is 6.92 Å². The number of ether oxygens (including phenoxy) is 1. The van der Waals surface area contributed by atoms with Crippen molar-refractivity contribution in [3.63, 3.8) is 0 Å². The lowest BCUT2D eigenvalue weighted by atomic mass is 9.96. The third-order valence-electron chi connectivity index (χ3n) is 2.32. The maximum absolute atomic E-state index is 5.97. The van der Waals surface area contributed by atoms with E-state index in [1.54, 1.807) is 0 Å². The minimum absolute atomic E-state index is 0.327. The Bertz CT molecular complexity index is 106. The quantitative estimate of drug-likeness (QED) is 0.593. The zero-order chi connectivity index (χ0) is 10.1. The smallest absolute Gasteiger partial charge is 0.0480 e. The largest absolute Gasteiger partial charge is 0.382 e. The Morgan fingerprint density at radius 1 is 1.23 bits per heavy atom. The summed E-state index contributed by atoms with van der Waals surface area (Å²) in [7, 11) is 0. The van der Waals surface area contributed by atoms with Crippen molar-refractivity contribution >= 4 is 0 Å². The Kier molecular flexibility index (Phi) is 8.46. The predicted molar refractivity (Wildman–Crippen MR) is 57.8 cm³/mol. The molecule has 0 saturated heterocycles. The molecule has 0 spiro atoms. The SMILES string of the molecule is CCCC(C)CC(N)CCOCC. The Morgan fingerprint density at radius 2 is 1.92 bits per heavy atom. The van der Waals surface area contributed by atoms with Crippen molar-refractivity contribution in [3.05, 3.63) is 0 Å². The molecule has 0 amide bonds. The molecule has 2 heteroatoms. The molecule has 0 fully saturated rings. The molecule has 0 aliphatic heterocycles. The van der Waals surface area contributed by atoms with Gasteiger partial charge in [-0.25, -0.2) is 0 Å². The Labute approximate surface area is 82.8 Å². The van der Waals surface area contributed by atoms with Gasteiger partial charge in [-0.05, 0) is 25.7 Å². The lowest BCUT2D eigenvalue weighted by Gasteiger charge is -2.16. The third kappa shape index (κ3) is 8.26. The molecule has 0 aliphatic carbocycles. The zero-order valence-electron chi connectivity index (χ0n) is 9.38. The van der Waals surface area contributed by atoms with Gasteiger partial charge in [0.1, 0.15) is 0 Å². The van der Waals surface area contributed by atoms with Crippen LogP contribution in [0, 0.1) is 5.92 Å². The fourth-order valence-corrected chi connectivity index (χ4v) is 1.62. The van der Waals surface area contributed by atoms with Gasteiger partial charge < -0.3 is 10.5 Å². The fourth-order valence-electron chi connectivity index (χ4n) is 1.62. The molecular formula is C11H25NO. The average Bonchev–Trinajstić information content (AvgIpc) is 2.05. The van der Waals surface area contributed by atoms with E-state index in [0.29, 0.717) is 6.04 Å². The molecule has 0 heterocycles. The van der Waals surface area contributed by atoms with E-state index in [-0.39, 0.29) is 0 Å². The first-order valence-electron chi connectivity index (χ1n) is 5.54. The van der Waals surface area contributed by atoms with E-state index in [1.165, 1.54) is 12.8 Å². The molecule has 0 saturated carbocycles. The third-order valence-corrected chi connectivity index (χ3v) is 2.32. The Morgan fingerprint density at radius 3 is 2.46 bits per heavy atom. The molecule has 80 valence electrons. The highest BCUT2D eigenvalue weighted by molar-refractivity contribution is 4.65. The van der Waals surface area contributed by atoms with Crippen molar-refractivity contribution in [2.24, 2.45) is 11.7 Å². The number of hydrogen-bond donors (Lipinski definition) is 1. The fraction of sp³-hybridized carbons (Fsp3) is 1.00. The first-order chi connectivity index (χ1) is 6.20. The lowest BCUT2D eigenvalue weighted by Crippen LogP contribution is -2.24. The molecule has 2 atom stereocenters. The molecule has 0 radical (unpaired) electrons. The molecule has 0 bridgehead atoms. The molecular weight excluding hydrogens is 162 g/mol. The topological polar surface area (TPSA) is 35.2 Å². The van der Waals surface area contributed by atoms with Crippen molar-refractivity contribution in [1.82, 2.24) is 0 Å². The van der Waals surface area contributed by atoms with E-state index >= 15 is 0 Å². The second-order valence-electron chi connectivity index (χ2n) is 3.88. The first kappa shape index (κ1) is 12.9. The van der Waals surface area contributed by atoms with Crippen molar-refractivity contribution < 1.29 is 4.74 Å². The summed E-state index contributed by atoms with van der Waals surface area (Å²) >= 11 is 0. The zero-order valence-corrected chi connectivity index (χ0v) is 9.38. The summed E-state index contributed by atoms with van der Waals surface area (Å²) in [5.41, 5.74) is 5.97. The van der Waals surface area contributed by atoms with Gasteiger partial charge in [-0.3, -0.25) is 0 Å². The molecule has 0 aliphatic rings. The minimum Gasteiger partial charge on any atom is -0.382 e. The van der Waals surface area contributed by atoms with Gasteiger partial charge in [0.25, 0.3) is 0 Å². The highest BCUT2D eigenvalue weighted by Gasteiger charge is 2.07. The van der Waals surface area contributed by atoms with Crippen LogP contribution < -0.4 is 5.73 Å². The monoisotopic (exact) mass is 187 g/mol. The van der Waals surface area contributed by atoms with Crippen LogP contribution in [-0.2, 0) is 4.74 Å². The van der Waals surface area contributed by atoms with Crippen LogP contribution in [0.4, 0.5) is 0 Å². The van der Waals surface area contributed by atoms with Crippen molar-refractivity contribution in [2.75, 3.05) is 13.2 Å². The van der Waals surface area contributed by atoms with E-state index < -0.39 is 0 Å². The second kappa shape index (κ2) is 8.52. The molecule has 0 aromatic heterocycles. The van der Waals surface area contributed by atoms with Gasteiger partial charge in [-0.1, -0.05) is 26.7 Å². The Balaban J connectivity index is 3.32. The summed E-state index contributed by atoms with van der Waals surface area (Å²) in [6.07, 6.45) is 4.70. The van der Waals surface area contributed by atoms with E-state index in [9.17, 15) is 0 Å². The van der Waals surface area contributed by atoms with Gasteiger partial charge in [0.05, 0.1) is 0 Å². The van der Waals surface area contributed by atoms with E-state index in [2.05, 4.69) is 13.8 Å². The highest BCUT2D eigenvalue weighted by Crippen LogP contribution is 2.12. The normalized spacial score (nSPS) is 15.7. The lowest BCUT2D eigenvalue weighted by molar-refractivity contribution is 0.137. The molecule has 0 aromatic rings.